The number of hydrogen-bond acceptors (Lipinski definition) is 1. The van der Waals surface area contributed by atoms with Gasteiger partial charge in [0, 0.05) is 11.6 Å². The molecule has 0 saturated heterocycles. The van der Waals surface area contributed by atoms with Crippen LogP contribution in [-0.2, 0) is 0 Å². The Morgan fingerprint density at radius 1 is 1.25 bits per heavy atom. The molecule has 2 rings (SSSR count). The van der Waals surface area contributed by atoms with Crippen LogP contribution in [0.4, 0.5) is 0 Å². The number of hydrogen-bond donors (Lipinski definition) is 1. The van der Waals surface area contributed by atoms with Gasteiger partial charge in [0.1, 0.15) is 5.75 Å². The Bertz CT molecular complexity index is 469. The maximum Gasteiger partial charge on any atom is 0.142 e. The molecule has 1 N–H and O–H groups in total. The van der Waals surface area contributed by atoms with E-state index in [1.54, 1.807) is 7.11 Å². The third-order valence-electron chi connectivity index (χ3n) is 3.35. The highest BCUT2D eigenvalue weighted by Crippen LogP contribution is 2.33. The minimum atomic E-state index is 0.640. The summed E-state index contributed by atoms with van der Waals surface area (Å²) >= 11 is 0. The Balaban J connectivity index is 2.56. The predicted octanol–water partition coefficient (Wildman–Crippen LogP) is 4.08. The number of aromatic nitrogens is 1. The van der Waals surface area contributed by atoms with Gasteiger partial charge >= 0.3 is 0 Å². The number of nitrogens with one attached hydrogen (secondary N) is 1. The van der Waals surface area contributed by atoms with E-state index in [1.807, 2.05) is 6.07 Å². The first-order valence-corrected chi connectivity index (χ1v) is 5.95. The van der Waals surface area contributed by atoms with Gasteiger partial charge in [0.2, 0.25) is 0 Å². The van der Waals surface area contributed by atoms with Crippen molar-refractivity contribution in [1.29, 1.82) is 0 Å². The third kappa shape index (κ3) is 1.69. The van der Waals surface area contributed by atoms with Crippen LogP contribution in [0.25, 0.3) is 10.9 Å². The molecular formula is C14H19NO. The maximum atomic E-state index is 5.36. The zero-order chi connectivity index (χ0) is 11.5. The molecular weight excluding hydrogens is 198 g/mol. The van der Waals surface area contributed by atoms with E-state index in [1.165, 1.54) is 23.8 Å². The van der Waals surface area contributed by atoms with Crippen LogP contribution in [-0.4, -0.2) is 12.1 Å². The molecule has 0 radical (unpaired) electrons. The summed E-state index contributed by atoms with van der Waals surface area (Å²) in [6.07, 6.45) is 4.49. The molecule has 0 atom stereocenters. The van der Waals surface area contributed by atoms with Crippen molar-refractivity contribution in [2.45, 2.75) is 32.6 Å². The first-order valence-electron chi connectivity index (χ1n) is 5.95. The van der Waals surface area contributed by atoms with Crippen molar-refractivity contribution in [3.63, 3.8) is 0 Å². The monoisotopic (exact) mass is 217 g/mol. The summed E-state index contributed by atoms with van der Waals surface area (Å²) in [5.41, 5.74) is 2.53. The van der Waals surface area contributed by atoms with Gasteiger partial charge in [-0.2, -0.15) is 0 Å². The Kier molecular flexibility index (Phi) is 3.18. The van der Waals surface area contributed by atoms with Gasteiger partial charge in [-0.05, 0) is 30.4 Å². The molecule has 1 aromatic heterocycles. The quantitative estimate of drug-likeness (QED) is 0.820. The molecule has 2 aromatic rings. The molecule has 0 spiro atoms. The van der Waals surface area contributed by atoms with Crippen molar-refractivity contribution < 1.29 is 4.74 Å². The summed E-state index contributed by atoms with van der Waals surface area (Å²) in [6.45, 7) is 4.49. The van der Waals surface area contributed by atoms with E-state index in [2.05, 4.69) is 37.2 Å². The van der Waals surface area contributed by atoms with Gasteiger partial charge < -0.3 is 9.72 Å². The van der Waals surface area contributed by atoms with Crippen LogP contribution in [0.1, 0.15) is 38.2 Å². The van der Waals surface area contributed by atoms with Crippen molar-refractivity contribution in [1.82, 2.24) is 4.98 Å². The lowest BCUT2D eigenvalue weighted by Crippen LogP contribution is -1.93. The topological polar surface area (TPSA) is 25.0 Å². The van der Waals surface area contributed by atoms with Crippen LogP contribution in [0.2, 0.25) is 0 Å². The second-order valence-electron chi connectivity index (χ2n) is 4.14. The highest BCUT2D eigenvalue weighted by Gasteiger charge is 2.13. The van der Waals surface area contributed by atoms with E-state index >= 15 is 0 Å². The number of H-pyrrole nitrogens is 1. The molecule has 0 bridgehead atoms. The number of methoxy groups -OCH3 is 1. The van der Waals surface area contributed by atoms with Crippen LogP contribution < -0.4 is 4.74 Å². The summed E-state index contributed by atoms with van der Waals surface area (Å²) in [5.74, 6) is 1.57. The second kappa shape index (κ2) is 4.60. The molecule has 2 nitrogen and oxygen atoms in total. The molecule has 0 amide bonds. The Morgan fingerprint density at radius 2 is 2.00 bits per heavy atom. The summed E-state index contributed by atoms with van der Waals surface area (Å²) < 4.78 is 5.36. The zero-order valence-electron chi connectivity index (χ0n) is 10.2. The van der Waals surface area contributed by atoms with Gasteiger partial charge in [-0.3, -0.25) is 0 Å². The van der Waals surface area contributed by atoms with Crippen molar-refractivity contribution in [2.24, 2.45) is 0 Å². The van der Waals surface area contributed by atoms with Crippen LogP contribution in [0.5, 0.6) is 5.75 Å². The highest BCUT2D eigenvalue weighted by molar-refractivity contribution is 5.88. The lowest BCUT2D eigenvalue weighted by atomic mass is 9.94. The van der Waals surface area contributed by atoms with E-state index in [0.29, 0.717) is 5.92 Å². The Hall–Kier alpha value is -1.44. The first-order chi connectivity index (χ1) is 7.81. The normalized spacial score (nSPS) is 11.2. The highest BCUT2D eigenvalue weighted by atomic mass is 16.5. The van der Waals surface area contributed by atoms with Gasteiger partial charge in [-0.1, -0.05) is 26.0 Å². The number of rotatable bonds is 4. The average molecular weight is 217 g/mol. The van der Waals surface area contributed by atoms with Crippen LogP contribution >= 0.6 is 0 Å². The minimum absolute atomic E-state index is 0.640. The minimum Gasteiger partial charge on any atom is -0.495 e. The predicted molar refractivity (Wildman–Crippen MR) is 68.2 cm³/mol. The molecule has 0 unspecified atom stereocenters. The number of benzene rings is 1. The fourth-order valence-electron chi connectivity index (χ4n) is 2.38. The van der Waals surface area contributed by atoms with Crippen molar-refractivity contribution in [2.75, 3.05) is 7.11 Å². The van der Waals surface area contributed by atoms with E-state index in [9.17, 15) is 0 Å². The molecule has 1 aromatic carbocycles. The molecule has 0 fully saturated rings. The molecule has 16 heavy (non-hydrogen) atoms. The van der Waals surface area contributed by atoms with E-state index in [4.69, 9.17) is 4.74 Å². The largest absolute Gasteiger partial charge is 0.495 e. The summed E-state index contributed by atoms with van der Waals surface area (Å²) in [7, 11) is 1.71. The second-order valence-corrected chi connectivity index (χ2v) is 4.14. The average Bonchev–Trinajstić information content (AvgIpc) is 2.75. The van der Waals surface area contributed by atoms with Gasteiger partial charge in [0.25, 0.3) is 0 Å². The van der Waals surface area contributed by atoms with E-state index in [0.717, 1.165) is 11.3 Å². The van der Waals surface area contributed by atoms with Gasteiger partial charge in [-0.15, -0.1) is 0 Å². The van der Waals surface area contributed by atoms with E-state index < -0.39 is 0 Å². The molecule has 0 aliphatic carbocycles. The number of aromatic amines is 1. The van der Waals surface area contributed by atoms with Crippen molar-refractivity contribution >= 4 is 10.9 Å². The fraction of sp³-hybridized carbons (Fsp3) is 0.429. The Morgan fingerprint density at radius 3 is 2.62 bits per heavy atom. The number of para-hydroxylation sites is 1. The van der Waals surface area contributed by atoms with Gasteiger partial charge in [-0.25, -0.2) is 0 Å². The van der Waals surface area contributed by atoms with E-state index in [-0.39, 0.29) is 0 Å². The molecule has 1 heterocycles. The lowest BCUT2D eigenvalue weighted by molar-refractivity contribution is 0.419. The molecule has 86 valence electrons. The number of fused-ring (bicyclic) bond motifs is 1. The fourth-order valence-corrected chi connectivity index (χ4v) is 2.38. The zero-order valence-corrected chi connectivity index (χ0v) is 10.2. The lowest BCUT2D eigenvalue weighted by Gasteiger charge is -2.11. The van der Waals surface area contributed by atoms with Crippen molar-refractivity contribution in [3.05, 3.63) is 30.0 Å². The SMILES string of the molecule is CCC(CC)c1c[nH]c2c(OC)cccc12. The number of ether oxygens (including phenoxy) is 1. The standard InChI is InChI=1S/C14H19NO/c1-4-10(5-2)12-9-15-14-11(12)7-6-8-13(14)16-3/h6-10,15H,4-5H2,1-3H3. The maximum absolute atomic E-state index is 5.36. The van der Waals surface area contributed by atoms with Gasteiger partial charge in [0.15, 0.2) is 0 Å². The Labute approximate surface area is 96.6 Å². The van der Waals surface area contributed by atoms with Crippen LogP contribution in [0, 0.1) is 0 Å². The molecule has 0 saturated carbocycles. The molecule has 0 aliphatic heterocycles. The van der Waals surface area contributed by atoms with Gasteiger partial charge in [0.05, 0.1) is 12.6 Å². The first kappa shape index (κ1) is 11.1. The summed E-state index contributed by atoms with van der Waals surface area (Å²) in [5, 5.41) is 1.30. The molecule has 0 aliphatic rings. The third-order valence-corrected chi connectivity index (χ3v) is 3.35. The van der Waals surface area contributed by atoms with Crippen LogP contribution in [0.3, 0.4) is 0 Å². The summed E-state index contributed by atoms with van der Waals surface area (Å²) in [4.78, 5) is 3.33. The summed E-state index contributed by atoms with van der Waals surface area (Å²) in [6, 6.07) is 6.22. The molecule has 2 heteroatoms. The van der Waals surface area contributed by atoms with Crippen molar-refractivity contribution in [3.8, 4) is 5.75 Å². The smallest absolute Gasteiger partial charge is 0.142 e. The van der Waals surface area contributed by atoms with Crippen LogP contribution in [0.15, 0.2) is 24.4 Å².